The van der Waals surface area contributed by atoms with Gasteiger partial charge in [0.05, 0.1) is 12.7 Å². The molecule has 0 fully saturated rings. The fraction of sp³-hybridized carbons (Fsp3) is 0.294. The average Bonchev–Trinajstić information content (AvgIpc) is 2.48. The molecule has 0 spiro atoms. The number of hydrogen-bond acceptors (Lipinski definition) is 4. The number of aryl methyl sites for hydroxylation is 1. The fourth-order valence-electron chi connectivity index (χ4n) is 2.34. The zero-order valence-corrected chi connectivity index (χ0v) is 13.1. The van der Waals surface area contributed by atoms with Gasteiger partial charge in [0, 0.05) is 24.8 Å². The molecule has 22 heavy (non-hydrogen) atoms. The van der Waals surface area contributed by atoms with E-state index in [9.17, 15) is 9.59 Å². The number of methoxy groups -OCH3 is 1. The van der Waals surface area contributed by atoms with Crippen LogP contribution in [0.3, 0.4) is 0 Å². The highest BCUT2D eigenvalue weighted by atomic mass is 16.5. The van der Waals surface area contributed by atoms with Crippen molar-refractivity contribution in [2.24, 2.45) is 0 Å². The van der Waals surface area contributed by atoms with Gasteiger partial charge in [-0.15, -0.1) is 0 Å². The average molecular weight is 300 g/mol. The van der Waals surface area contributed by atoms with Crippen LogP contribution in [0.2, 0.25) is 0 Å². The van der Waals surface area contributed by atoms with E-state index in [2.05, 4.69) is 9.88 Å². The van der Waals surface area contributed by atoms with Crippen LogP contribution in [0.5, 0.6) is 0 Å². The Bertz CT molecular complexity index is 722. The molecule has 0 saturated carbocycles. The standard InChI is InChI=1S/C17H20N2O3/c1-12-7-8-13(9-15(12)17(21)22-3)10-19(2)11-14-5-4-6-16(20)18-14/h4-9H,10-11H2,1-3H3,(H,18,20). The number of aromatic nitrogens is 1. The zero-order valence-electron chi connectivity index (χ0n) is 13.1. The number of nitrogens with one attached hydrogen (secondary N) is 1. The number of nitrogens with zero attached hydrogens (tertiary/aromatic N) is 1. The summed E-state index contributed by atoms with van der Waals surface area (Å²) in [6.07, 6.45) is 0. The van der Waals surface area contributed by atoms with Crippen molar-refractivity contribution in [3.05, 3.63) is 69.1 Å². The molecule has 0 aliphatic rings. The molecule has 0 radical (unpaired) electrons. The molecular weight excluding hydrogens is 280 g/mol. The fourth-order valence-corrected chi connectivity index (χ4v) is 2.34. The molecule has 1 heterocycles. The first-order chi connectivity index (χ1) is 10.5. The largest absolute Gasteiger partial charge is 0.465 e. The number of aromatic amines is 1. The van der Waals surface area contributed by atoms with Crippen LogP contribution in [0.15, 0.2) is 41.2 Å². The van der Waals surface area contributed by atoms with E-state index in [1.54, 1.807) is 6.07 Å². The highest BCUT2D eigenvalue weighted by Gasteiger charge is 2.11. The van der Waals surface area contributed by atoms with Crippen LogP contribution in [0.25, 0.3) is 0 Å². The molecule has 0 amide bonds. The Labute approximate surface area is 129 Å². The third kappa shape index (κ3) is 4.05. The highest BCUT2D eigenvalue weighted by Crippen LogP contribution is 2.14. The van der Waals surface area contributed by atoms with E-state index in [0.717, 1.165) is 16.8 Å². The smallest absolute Gasteiger partial charge is 0.338 e. The molecule has 0 bridgehead atoms. The van der Waals surface area contributed by atoms with Crippen LogP contribution in [-0.4, -0.2) is 30.0 Å². The van der Waals surface area contributed by atoms with Crippen molar-refractivity contribution < 1.29 is 9.53 Å². The highest BCUT2D eigenvalue weighted by molar-refractivity contribution is 5.91. The maximum absolute atomic E-state index is 11.7. The molecule has 1 aromatic heterocycles. The first-order valence-electron chi connectivity index (χ1n) is 7.04. The van der Waals surface area contributed by atoms with Gasteiger partial charge in [0.1, 0.15) is 0 Å². The summed E-state index contributed by atoms with van der Waals surface area (Å²) in [5.74, 6) is -0.325. The quantitative estimate of drug-likeness (QED) is 0.859. The lowest BCUT2D eigenvalue weighted by Gasteiger charge is -2.17. The molecule has 0 aliphatic carbocycles. The second-order valence-corrected chi connectivity index (χ2v) is 5.35. The number of carbonyl (C=O) groups excluding carboxylic acids is 1. The third-order valence-corrected chi connectivity index (χ3v) is 3.43. The SMILES string of the molecule is COC(=O)c1cc(CN(C)Cc2cccc(=O)[nH]2)ccc1C. The molecule has 116 valence electrons. The van der Waals surface area contributed by atoms with Gasteiger partial charge in [0.15, 0.2) is 0 Å². The Kier molecular flexibility index (Phi) is 5.12. The van der Waals surface area contributed by atoms with E-state index in [4.69, 9.17) is 4.74 Å². The predicted molar refractivity (Wildman–Crippen MR) is 84.8 cm³/mol. The molecular formula is C17H20N2O3. The summed E-state index contributed by atoms with van der Waals surface area (Å²) in [4.78, 5) is 27.9. The van der Waals surface area contributed by atoms with Crippen molar-refractivity contribution >= 4 is 5.97 Å². The summed E-state index contributed by atoms with van der Waals surface area (Å²) in [6, 6.07) is 10.9. The Morgan fingerprint density at radius 1 is 1.23 bits per heavy atom. The van der Waals surface area contributed by atoms with Crippen molar-refractivity contribution in [3.63, 3.8) is 0 Å². The number of carbonyl (C=O) groups is 1. The van der Waals surface area contributed by atoms with Crippen molar-refractivity contribution in [1.29, 1.82) is 0 Å². The lowest BCUT2D eigenvalue weighted by Crippen LogP contribution is -2.20. The minimum atomic E-state index is -0.325. The number of hydrogen-bond donors (Lipinski definition) is 1. The van der Waals surface area contributed by atoms with Gasteiger partial charge >= 0.3 is 5.97 Å². The van der Waals surface area contributed by atoms with Crippen LogP contribution >= 0.6 is 0 Å². The van der Waals surface area contributed by atoms with Crippen molar-refractivity contribution in [2.45, 2.75) is 20.0 Å². The van der Waals surface area contributed by atoms with E-state index in [1.165, 1.54) is 13.2 Å². The van der Waals surface area contributed by atoms with E-state index < -0.39 is 0 Å². The summed E-state index contributed by atoms with van der Waals surface area (Å²) in [5.41, 5.74) is 3.25. The van der Waals surface area contributed by atoms with Gasteiger partial charge in [-0.3, -0.25) is 9.69 Å². The second-order valence-electron chi connectivity index (χ2n) is 5.35. The summed E-state index contributed by atoms with van der Waals surface area (Å²) in [5, 5.41) is 0. The molecule has 0 unspecified atom stereocenters. The Balaban J connectivity index is 2.10. The van der Waals surface area contributed by atoms with Gasteiger partial charge in [-0.1, -0.05) is 18.2 Å². The molecule has 0 aliphatic heterocycles. The van der Waals surface area contributed by atoms with Crippen molar-refractivity contribution in [3.8, 4) is 0 Å². The predicted octanol–water partition coefficient (Wildman–Crippen LogP) is 2.10. The van der Waals surface area contributed by atoms with Gasteiger partial charge in [-0.2, -0.15) is 0 Å². The van der Waals surface area contributed by atoms with Crippen LogP contribution in [-0.2, 0) is 17.8 Å². The van der Waals surface area contributed by atoms with E-state index in [-0.39, 0.29) is 11.5 Å². The maximum Gasteiger partial charge on any atom is 0.338 e. The maximum atomic E-state index is 11.7. The molecule has 5 nitrogen and oxygen atoms in total. The lowest BCUT2D eigenvalue weighted by molar-refractivity contribution is 0.0599. The van der Waals surface area contributed by atoms with Crippen molar-refractivity contribution in [1.82, 2.24) is 9.88 Å². The van der Waals surface area contributed by atoms with Crippen LogP contribution in [0.1, 0.15) is 27.2 Å². The third-order valence-electron chi connectivity index (χ3n) is 3.43. The van der Waals surface area contributed by atoms with Gasteiger partial charge in [0.2, 0.25) is 5.56 Å². The van der Waals surface area contributed by atoms with Crippen LogP contribution in [0, 0.1) is 6.92 Å². The van der Waals surface area contributed by atoms with E-state index in [0.29, 0.717) is 18.7 Å². The minimum absolute atomic E-state index is 0.103. The number of esters is 1. The molecule has 1 N–H and O–H groups in total. The molecule has 0 atom stereocenters. The monoisotopic (exact) mass is 300 g/mol. The second kappa shape index (κ2) is 7.04. The first kappa shape index (κ1) is 16.0. The van der Waals surface area contributed by atoms with Gasteiger partial charge in [-0.05, 0) is 37.2 Å². The minimum Gasteiger partial charge on any atom is -0.465 e. The topological polar surface area (TPSA) is 62.4 Å². The number of H-pyrrole nitrogens is 1. The summed E-state index contributed by atoms with van der Waals surface area (Å²) in [6.45, 7) is 3.17. The molecule has 1 aromatic carbocycles. The van der Waals surface area contributed by atoms with Gasteiger partial charge in [-0.25, -0.2) is 4.79 Å². The Morgan fingerprint density at radius 2 is 2.00 bits per heavy atom. The lowest BCUT2D eigenvalue weighted by atomic mass is 10.0. The number of rotatable bonds is 5. The van der Waals surface area contributed by atoms with Crippen LogP contribution in [0.4, 0.5) is 0 Å². The first-order valence-corrected chi connectivity index (χ1v) is 7.04. The number of pyridine rings is 1. The summed E-state index contributed by atoms with van der Waals surface area (Å²) >= 11 is 0. The van der Waals surface area contributed by atoms with Gasteiger partial charge < -0.3 is 9.72 Å². The Hall–Kier alpha value is -2.40. The van der Waals surface area contributed by atoms with Crippen LogP contribution < -0.4 is 5.56 Å². The number of benzene rings is 1. The molecule has 5 heteroatoms. The summed E-state index contributed by atoms with van der Waals surface area (Å²) in [7, 11) is 3.34. The number of ether oxygens (including phenoxy) is 1. The molecule has 0 saturated heterocycles. The Morgan fingerprint density at radius 3 is 2.68 bits per heavy atom. The van der Waals surface area contributed by atoms with Gasteiger partial charge in [0.25, 0.3) is 0 Å². The van der Waals surface area contributed by atoms with Crippen molar-refractivity contribution in [2.75, 3.05) is 14.2 Å². The van der Waals surface area contributed by atoms with E-state index in [1.807, 2.05) is 38.2 Å². The zero-order chi connectivity index (χ0) is 16.1. The molecule has 2 rings (SSSR count). The normalized spacial score (nSPS) is 10.7. The summed E-state index contributed by atoms with van der Waals surface area (Å²) < 4.78 is 4.79. The molecule has 2 aromatic rings. The van der Waals surface area contributed by atoms with E-state index >= 15 is 0 Å².